The molecule has 0 bridgehead atoms. The van der Waals surface area contributed by atoms with Gasteiger partial charge in [-0.25, -0.2) is 0 Å². The molecule has 1 rings (SSSR count). The number of nitrogens with zero attached hydrogens (tertiary/aromatic N) is 3. The fraction of sp³-hybridized carbons (Fsp3) is 0.684. The third-order valence-corrected chi connectivity index (χ3v) is 5.09. The number of carbonyl (C=O) groups is 2. The average molecular weight is 386 g/mol. The van der Waals surface area contributed by atoms with Crippen LogP contribution in [0.2, 0.25) is 0 Å². The number of aromatic nitrogens is 1. The maximum atomic E-state index is 13.0. The Morgan fingerprint density at radius 1 is 1.35 bits per heavy atom. The molecule has 0 atom stereocenters. The van der Waals surface area contributed by atoms with Crippen molar-refractivity contribution in [3.63, 3.8) is 0 Å². The van der Waals surface area contributed by atoms with Crippen molar-refractivity contribution < 1.29 is 14.3 Å². The standard InChI is InChI=1S/C19H32ClN3O3/c1-15(2)23(18(25)19(3,4)14-20)13-17(24)22(10-11-26-6)12-16-8-7-9-21(16)5/h7-9,15H,10-14H2,1-6H3. The van der Waals surface area contributed by atoms with Crippen molar-refractivity contribution in [2.24, 2.45) is 12.5 Å². The van der Waals surface area contributed by atoms with Crippen LogP contribution in [0.3, 0.4) is 0 Å². The van der Waals surface area contributed by atoms with Gasteiger partial charge in [0.15, 0.2) is 0 Å². The zero-order valence-electron chi connectivity index (χ0n) is 16.8. The fourth-order valence-corrected chi connectivity index (χ4v) is 2.64. The molecule has 0 N–H and O–H groups in total. The summed E-state index contributed by atoms with van der Waals surface area (Å²) in [5, 5.41) is 0. The van der Waals surface area contributed by atoms with Gasteiger partial charge in [-0.2, -0.15) is 0 Å². The second-order valence-corrected chi connectivity index (χ2v) is 7.73. The highest BCUT2D eigenvalue weighted by molar-refractivity contribution is 6.19. The zero-order valence-corrected chi connectivity index (χ0v) is 17.5. The summed E-state index contributed by atoms with van der Waals surface area (Å²) in [6.07, 6.45) is 1.95. The first-order chi connectivity index (χ1) is 12.1. The SMILES string of the molecule is COCCN(Cc1cccn1C)C(=O)CN(C(=O)C(C)(C)CCl)C(C)C. The third kappa shape index (κ3) is 6.02. The summed E-state index contributed by atoms with van der Waals surface area (Å²) < 4.78 is 7.13. The Morgan fingerprint density at radius 2 is 2.00 bits per heavy atom. The normalized spacial score (nSPS) is 11.7. The topological polar surface area (TPSA) is 54.8 Å². The van der Waals surface area contributed by atoms with Crippen LogP contribution in [0.4, 0.5) is 0 Å². The maximum absolute atomic E-state index is 13.0. The molecule has 0 aliphatic heterocycles. The Kier molecular flexibility index (Phi) is 8.63. The summed E-state index contributed by atoms with van der Waals surface area (Å²) >= 11 is 5.95. The molecule has 1 heterocycles. The van der Waals surface area contributed by atoms with E-state index in [9.17, 15) is 9.59 Å². The molecule has 0 fully saturated rings. The first-order valence-electron chi connectivity index (χ1n) is 8.88. The van der Waals surface area contributed by atoms with Crippen molar-refractivity contribution in [1.29, 1.82) is 0 Å². The number of hydrogen-bond donors (Lipinski definition) is 0. The molecular weight excluding hydrogens is 354 g/mol. The molecule has 26 heavy (non-hydrogen) atoms. The van der Waals surface area contributed by atoms with Crippen LogP contribution >= 0.6 is 11.6 Å². The molecule has 0 unspecified atom stereocenters. The maximum Gasteiger partial charge on any atom is 0.242 e. The number of methoxy groups -OCH3 is 1. The van der Waals surface area contributed by atoms with Gasteiger partial charge in [-0.15, -0.1) is 11.6 Å². The predicted octanol–water partition coefficient (Wildman–Crippen LogP) is 2.50. The van der Waals surface area contributed by atoms with Crippen molar-refractivity contribution in [3.8, 4) is 0 Å². The molecule has 0 saturated carbocycles. The van der Waals surface area contributed by atoms with Crippen molar-refractivity contribution in [3.05, 3.63) is 24.0 Å². The Balaban J connectivity index is 2.94. The van der Waals surface area contributed by atoms with Gasteiger partial charge in [0.05, 0.1) is 18.6 Å². The Labute approximate surface area is 162 Å². The molecule has 7 heteroatoms. The summed E-state index contributed by atoms with van der Waals surface area (Å²) in [5.41, 5.74) is 0.319. The molecule has 2 amide bonds. The molecule has 0 aliphatic carbocycles. The summed E-state index contributed by atoms with van der Waals surface area (Å²) in [7, 11) is 3.55. The highest BCUT2D eigenvalue weighted by Gasteiger charge is 2.34. The van der Waals surface area contributed by atoms with Gasteiger partial charge in [-0.05, 0) is 39.8 Å². The molecule has 0 aliphatic rings. The molecule has 6 nitrogen and oxygen atoms in total. The van der Waals surface area contributed by atoms with Crippen molar-refractivity contribution >= 4 is 23.4 Å². The van der Waals surface area contributed by atoms with E-state index in [0.29, 0.717) is 19.7 Å². The summed E-state index contributed by atoms with van der Waals surface area (Å²) in [4.78, 5) is 29.1. The van der Waals surface area contributed by atoms with Gasteiger partial charge in [0.25, 0.3) is 0 Å². The third-order valence-electron chi connectivity index (χ3n) is 4.43. The van der Waals surface area contributed by atoms with E-state index >= 15 is 0 Å². The van der Waals surface area contributed by atoms with Gasteiger partial charge in [0.2, 0.25) is 11.8 Å². The number of aryl methyl sites for hydroxylation is 1. The molecule has 0 saturated heterocycles. The lowest BCUT2D eigenvalue weighted by Gasteiger charge is -2.35. The predicted molar refractivity (Wildman–Crippen MR) is 104 cm³/mol. The fourth-order valence-electron chi connectivity index (χ4n) is 2.53. The number of carbonyl (C=O) groups excluding carboxylic acids is 2. The second-order valence-electron chi connectivity index (χ2n) is 7.46. The number of halogens is 1. The number of hydrogen-bond acceptors (Lipinski definition) is 3. The summed E-state index contributed by atoms with van der Waals surface area (Å²) in [6.45, 7) is 8.84. The second kappa shape index (κ2) is 9.97. The number of ether oxygens (including phenoxy) is 1. The van der Waals surface area contributed by atoms with Crippen molar-refractivity contribution in [1.82, 2.24) is 14.4 Å². The lowest BCUT2D eigenvalue weighted by Crippen LogP contribution is -2.50. The zero-order chi connectivity index (χ0) is 19.9. The van der Waals surface area contributed by atoms with Crippen LogP contribution in [0.1, 0.15) is 33.4 Å². The molecule has 148 valence electrons. The number of alkyl halides is 1. The monoisotopic (exact) mass is 385 g/mol. The Bertz CT molecular complexity index is 599. The minimum atomic E-state index is -0.707. The van der Waals surface area contributed by atoms with E-state index in [1.165, 1.54) is 0 Å². The number of rotatable bonds is 10. The Morgan fingerprint density at radius 3 is 2.46 bits per heavy atom. The lowest BCUT2D eigenvalue weighted by molar-refractivity contribution is -0.147. The molecule has 0 radical (unpaired) electrons. The largest absolute Gasteiger partial charge is 0.383 e. The van der Waals surface area contributed by atoms with Gasteiger partial charge < -0.3 is 19.1 Å². The van der Waals surface area contributed by atoms with Crippen LogP contribution in [-0.2, 0) is 27.9 Å². The van der Waals surface area contributed by atoms with Gasteiger partial charge >= 0.3 is 0 Å². The van der Waals surface area contributed by atoms with E-state index in [1.54, 1.807) is 30.8 Å². The molecular formula is C19H32ClN3O3. The van der Waals surface area contributed by atoms with Gasteiger partial charge in [-0.3, -0.25) is 9.59 Å². The van der Waals surface area contributed by atoms with Crippen molar-refractivity contribution in [2.45, 2.75) is 40.3 Å². The first-order valence-corrected chi connectivity index (χ1v) is 9.41. The van der Waals surface area contributed by atoms with E-state index in [2.05, 4.69) is 0 Å². The quantitative estimate of drug-likeness (QED) is 0.581. The van der Waals surface area contributed by atoms with Gasteiger partial charge in [-0.1, -0.05) is 0 Å². The van der Waals surface area contributed by atoms with Crippen molar-refractivity contribution in [2.75, 3.05) is 32.7 Å². The van der Waals surface area contributed by atoms with Crippen LogP contribution in [0.5, 0.6) is 0 Å². The first kappa shape index (κ1) is 22.5. The highest BCUT2D eigenvalue weighted by atomic mass is 35.5. The minimum absolute atomic E-state index is 0.0327. The van der Waals surface area contributed by atoms with E-state index in [-0.39, 0.29) is 30.3 Å². The molecule has 1 aromatic heterocycles. The smallest absolute Gasteiger partial charge is 0.242 e. The van der Waals surface area contributed by atoms with Gasteiger partial charge in [0, 0.05) is 44.5 Å². The van der Waals surface area contributed by atoms with E-state index in [1.807, 2.05) is 43.8 Å². The van der Waals surface area contributed by atoms with Crippen LogP contribution in [0, 0.1) is 5.41 Å². The van der Waals surface area contributed by atoms with Crippen LogP contribution in [0.15, 0.2) is 18.3 Å². The molecule has 0 spiro atoms. The van der Waals surface area contributed by atoms with E-state index in [0.717, 1.165) is 5.69 Å². The van der Waals surface area contributed by atoms with Gasteiger partial charge in [0.1, 0.15) is 6.54 Å². The van der Waals surface area contributed by atoms with Crippen LogP contribution in [-0.4, -0.2) is 64.9 Å². The summed E-state index contributed by atoms with van der Waals surface area (Å²) in [6, 6.07) is 3.84. The summed E-state index contributed by atoms with van der Waals surface area (Å²) in [5.74, 6) is -0.00272. The van der Waals surface area contributed by atoms with E-state index < -0.39 is 5.41 Å². The average Bonchev–Trinajstić information content (AvgIpc) is 2.99. The Hall–Kier alpha value is -1.53. The number of amides is 2. The molecule has 0 aromatic carbocycles. The van der Waals surface area contributed by atoms with Crippen LogP contribution < -0.4 is 0 Å². The lowest BCUT2D eigenvalue weighted by atomic mass is 9.93. The highest BCUT2D eigenvalue weighted by Crippen LogP contribution is 2.22. The minimum Gasteiger partial charge on any atom is -0.383 e. The van der Waals surface area contributed by atoms with Crippen LogP contribution in [0.25, 0.3) is 0 Å². The molecule has 1 aromatic rings. The van der Waals surface area contributed by atoms with E-state index in [4.69, 9.17) is 16.3 Å².